The molecule has 32 heavy (non-hydrogen) atoms. The van der Waals surface area contributed by atoms with Gasteiger partial charge in [-0.1, -0.05) is 37.6 Å². The number of ether oxygens (including phenoxy) is 1. The van der Waals surface area contributed by atoms with Crippen LogP contribution in [0.5, 0.6) is 0 Å². The number of hydrogen-bond donors (Lipinski definition) is 2. The molecule has 4 rings (SSSR count). The Labute approximate surface area is 187 Å². The van der Waals surface area contributed by atoms with E-state index in [-0.39, 0.29) is 43.0 Å². The Morgan fingerprint density at radius 1 is 1.25 bits per heavy atom. The van der Waals surface area contributed by atoms with Crippen molar-refractivity contribution in [1.29, 1.82) is 0 Å². The summed E-state index contributed by atoms with van der Waals surface area (Å²) in [5.41, 5.74) is 3.31. The van der Waals surface area contributed by atoms with Crippen LogP contribution in [0.2, 0.25) is 0 Å². The van der Waals surface area contributed by atoms with Crippen molar-refractivity contribution in [2.45, 2.75) is 51.8 Å². The number of carbonyl (C=O) groups excluding carboxylic acids is 2. The summed E-state index contributed by atoms with van der Waals surface area (Å²) >= 11 is 0. The average molecular weight is 436 g/mol. The highest BCUT2D eigenvalue weighted by Crippen LogP contribution is 2.24. The van der Waals surface area contributed by atoms with Crippen molar-refractivity contribution in [3.8, 4) is 11.5 Å². The normalized spacial score (nSPS) is 19.1. The van der Waals surface area contributed by atoms with Crippen molar-refractivity contribution in [2.75, 3.05) is 6.54 Å². The molecule has 1 saturated heterocycles. The molecule has 1 aliphatic rings. The van der Waals surface area contributed by atoms with Gasteiger partial charge in [0.05, 0.1) is 12.5 Å². The van der Waals surface area contributed by atoms with Gasteiger partial charge >= 0.3 is 5.97 Å². The van der Waals surface area contributed by atoms with E-state index < -0.39 is 0 Å². The minimum absolute atomic E-state index is 0.0656. The lowest BCUT2D eigenvalue weighted by atomic mass is 9.96. The number of fused-ring (bicyclic) bond motifs is 1. The van der Waals surface area contributed by atoms with Gasteiger partial charge in [-0.15, -0.1) is 0 Å². The number of aromatic nitrogens is 1. The number of hydrogen-bond acceptors (Lipinski definition) is 6. The van der Waals surface area contributed by atoms with Crippen molar-refractivity contribution in [1.82, 2.24) is 15.6 Å². The fourth-order valence-electron chi connectivity index (χ4n) is 4.09. The molecular formula is C25H29N3O4. The quantitative estimate of drug-likeness (QED) is 0.496. The van der Waals surface area contributed by atoms with Crippen molar-refractivity contribution < 1.29 is 18.7 Å². The molecule has 1 aromatic heterocycles. The zero-order valence-corrected chi connectivity index (χ0v) is 18.5. The van der Waals surface area contributed by atoms with E-state index in [4.69, 9.17) is 9.15 Å². The molecule has 1 amide bonds. The van der Waals surface area contributed by atoms with Gasteiger partial charge in [0, 0.05) is 17.6 Å². The third-order valence-electron chi connectivity index (χ3n) is 5.93. The van der Waals surface area contributed by atoms with Crippen LogP contribution in [0.25, 0.3) is 22.6 Å². The van der Waals surface area contributed by atoms with Gasteiger partial charge in [0.15, 0.2) is 5.58 Å². The van der Waals surface area contributed by atoms with Crippen LogP contribution in [0.4, 0.5) is 0 Å². The maximum atomic E-state index is 12.2. The number of esters is 1. The summed E-state index contributed by atoms with van der Waals surface area (Å²) in [4.78, 5) is 28.8. The Hall–Kier alpha value is -3.19. The van der Waals surface area contributed by atoms with Crippen LogP contribution in [0.3, 0.4) is 0 Å². The molecule has 2 N–H and O–H groups in total. The lowest BCUT2D eigenvalue weighted by Crippen LogP contribution is -2.40. The van der Waals surface area contributed by atoms with Gasteiger partial charge in [-0.3, -0.25) is 9.59 Å². The number of nitrogens with zero attached hydrogens (tertiary/aromatic N) is 1. The Kier molecular flexibility index (Phi) is 6.85. The van der Waals surface area contributed by atoms with Crippen molar-refractivity contribution in [3.05, 3.63) is 54.1 Å². The van der Waals surface area contributed by atoms with E-state index in [1.165, 1.54) is 0 Å². The van der Waals surface area contributed by atoms with Crippen molar-refractivity contribution in [2.24, 2.45) is 5.92 Å². The van der Waals surface area contributed by atoms with Gasteiger partial charge < -0.3 is 19.8 Å². The highest BCUT2D eigenvalue weighted by molar-refractivity contribution is 5.82. The van der Waals surface area contributed by atoms with Crippen LogP contribution >= 0.6 is 0 Å². The molecule has 1 fully saturated rings. The first-order valence-electron chi connectivity index (χ1n) is 11.2. The third-order valence-corrected chi connectivity index (χ3v) is 5.93. The number of para-hydroxylation sites is 2. The van der Waals surface area contributed by atoms with E-state index >= 15 is 0 Å². The number of oxazole rings is 1. The van der Waals surface area contributed by atoms with Crippen LogP contribution < -0.4 is 10.6 Å². The van der Waals surface area contributed by atoms with Gasteiger partial charge in [-0.2, -0.15) is 0 Å². The molecule has 0 radical (unpaired) electrons. The number of amides is 1. The zero-order chi connectivity index (χ0) is 22.5. The summed E-state index contributed by atoms with van der Waals surface area (Å²) in [6.45, 7) is 4.31. The predicted molar refractivity (Wildman–Crippen MR) is 122 cm³/mol. The molecule has 2 aromatic carbocycles. The monoisotopic (exact) mass is 435 g/mol. The van der Waals surface area contributed by atoms with Crippen LogP contribution in [0, 0.1) is 5.92 Å². The Balaban J connectivity index is 1.24. The summed E-state index contributed by atoms with van der Waals surface area (Å²) < 4.78 is 11.2. The highest BCUT2D eigenvalue weighted by atomic mass is 16.5. The SMILES string of the molecule is CCCC1CC(C(C)NCC(=O)OCc2ccc(-c3nc4ccccc4o3)cc2)C(=O)N1. The summed E-state index contributed by atoms with van der Waals surface area (Å²) in [5, 5.41) is 6.18. The van der Waals surface area contributed by atoms with Gasteiger partial charge in [-0.05, 0) is 49.6 Å². The molecule has 3 unspecified atom stereocenters. The Bertz CT molecular complexity index is 1040. The van der Waals surface area contributed by atoms with E-state index in [1.54, 1.807) is 0 Å². The third kappa shape index (κ3) is 5.16. The molecule has 7 heteroatoms. The fourth-order valence-corrected chi connectivity index (χ4v) is 4.09. The summed E-state index contributed by atoms with van der Waals surface area (Å²) in [7, 11) is 0. The van der Waals surface area contributed by atoms with Crippen LogP contribution in [-0.4, -0.2) is 35.5 Å². The van der Waals surface area contributed by atoms with Crippen molar-refractivity contribution in [3.63, 3.8) is 0 Å². The van der Waals surface area contributed by atoms with Gasteiger partial charge in [0.25, 0.3) is 0 Å². The van der Waals surface area contributed by atoms with E-state index in [9.17, 15) is 9.59 Å². The van der Waals surface area contributed by atoms with Crippen LogP contribution in [0.15, 0.2) is 52.9 Å². The van der Waals surface area contributed by atoms with Crippen LogP contribution in [-0.2, 0) is 20.9 Å². The maximum absolute atomic E-state index is 12.2. The lowest BCUT2D eigenvalue weighted by Gasteiger charge is -2.18. The van der Waals surface area contributed by atoms with Crippen molar-refractivity contribution >= 4 is 23.0 Å². The van der Waals surface area contributed by atoms with E-state index in [1.807, 2.05) is 55.5 Å². The Morgan fingerprint density at radius 2 is 2.03 bits per heavy atom. The largest absolute Gasteiger partial charge is 0.460 e. The molecule has 0 spiro atoms. The summed E-state index contributed by atoms with van der Waals surface area (Å²) in [5.74, 6) is 0.169. The highest BCUT2D eigenvalue weighted by Gasteiger charge is 2.35. The van der Waals surface area contributed by atoms with Gasteiger partial charge in [0.2, 0.25) is 11.8 Å². The minimum Gasteiger partial charge on any atom is -0.460 e. The molecule has 3 aromatic rings. The lowest BCUT2D eigenvalue weighted by molar-refractivity contribution is -0.144. The summed E-state index contributed by atoms with van der Waals surface area (Å²) in [6, 6.07) is 15.4. The molecule has 0 saturated carbocycles. The standard InChI is InChI=1S/C25H29N3O4/c1-3-6-19-13-20(24(30)27-19)16(2)26-14-23(29)31-15-17-9-11-18(12-10-17)25-28-21-7-4-5-8-22(21)32-25/h4-5,7-12,16,19-20,26H,3,6,13-15H2,1-2H3,(H,27,30). The average Bonchev–Trinajstić information content (AvgIpc) is 3.40. The number of nitrogens with one attached hydrogen (secondary N) is 2. The molecule has 0 bridgehead atoms. The van der Waals surface area contributed by atoms with E-state index in [0.717, 1.165) is 41.5 Å². The first-order valence-corrected chi connectivity index (χ1v) is 11.2. The molecule has 3 atom stereocenters. The molecule has 1 aliphatic heterocycles. The fraction of sp³-hybridized carbons (Fsp3) is 0.400. The molecule has 7 nitrogen and oxygen atoms in total. The second kappa shape index (κ2) is 9.96. The van der Waals surface area contributed by atoms with E-state index in [2.05, 4.69) is 22.5 Å². The van der Waals surface area contributed by atoms with Gasteiger partial charge in [-0.25, -0.2) is 4.98 Å². The summed E-state index contributed by atoms with van der Waals surface area (Å²) in [6.07, 6.45) is 2.84. The maximum Gasteiger partial charge on any atom is 0.320 e. The molecule has 168 valence electrons. The smallest absolute Gasteiger partial charge is 0.320 e. The zero-order valence-electron chi connectivity index (χ0n) is 18.5. The number of carbonyl (C=O) groups is 2. The second-order valence-electron chi connectivity index (χ2n) is 8.35. The Morgan fingerprint density at radius 3 is 2.78 bits per heavy atom. The minimum atomic E-state index is -0.344. The number of rotatable bonds is 9. The van der Waals surface area contributed by atoms with Crippen LogP contribution in [0.1, 0.15) is 38.7 Å². The topological polar surface area (TPSA) is 93.5 Å². The molecule has 2 heterocycles. The number of benzene rings is 2. The van der Waals surface area contributed by atoms with E-state index in [0.29, 0.717) is 5.89 Å². The first-order chi connectivity index (χ1) is 15.5. The predicted octanol–water partition coefficient (Wildman–Crippen LogP) is 3.82. The van der Waals surface area contributed by atoms with Gasteiger partial charge in [0.1, 0.15) is 12.1 Å². The molecular weight excluding hydrogens is 406 g/mol. The second-order valence-corrected chi connectivity index (χ2v) is 8.35. The molecule has 0 aliphatic carbocycles. The first kappa shape index (κ1) is 22.0.